The van der Waals surface area contributed by atoms with E-state index in [9.17, 15) is 4.79 Å². The maximum Gasteiger partial charge on any atom is 0.221 e. The molecule has 0 aromatic rings. The first-order valence-electron chi connectivity index (χ1n) is 5.45. The van der Waals surface area contributed by atoms with Gasteiger partial charge in [-0.3, -0.25) is 4.79 Å². The van der Waals surface area contributed by atoms with Crippen molar-refractivity contribution in [3.05, 3.63) is 0 Å². The molecule has 4 nitrogen and oxygen atoms in total. The van der Waals surface area contributed by atoms with Crippen LogP contribution in [0.1, 0.15) is 25.7 Å². The lowest BCUT2D eigenvalue weighted by atomic mass is 10.1. The number of primary amides is 1. The van der Waals surface area contributed by atoms with Crippen molar-refractivity contribution in [1.82, 2.24) is 4.90 Å². The lowest BCUT2D eigenvalue weighted by molar-refractivity contribution is -0.121. The Kier molecular flexibility index (Phi) is 4.90. The zero-order chi connectivity index (χ0) is 10.4. The predicted octanol–water partition coefficient (Wildman–Crippen LogP) is -0.0774. The summed E-state index contributed by atoms with van der Waals surface area (Å²) in [5.41, 5.74) is 10.7. The van der Waals surface area contributed by atoms with Crippen molar-refractivity contribution in [2.45, 2.75) is 25.7 Å². The van der Waals surface area contributed by atoms with Gasteiger partial charge in [-0.25, -0.2) is 0 Å². The highest BCUT2D eigenvalue weighted by Gasteiger charge is 2.25. The number of amides is 1. The van der Waals surface area contributed by atoms with Gasteiger partial charge in [-0.2, -0.15) is 0 Å². The van der Waals surface area contributed by atoms with E-state index in [1.165, 1.54) is 12.8 Å². The number of hydrogen-bond acceptors (Lipinski definition) is 3. The maximum atomic E-state index is 10.9. The fraction of sp³-hybridized carbons (Fsp3) is 0.900. The summed E-state index contributed by atoms with van der Waals surface area (Å²) in [4.78, 5) is 13.2. The van der Waals surface area contributed by atoms with Crippen molar-refractivity contribution in [2.24, 2.45) is 17.4 Å². The average Bonchev–Trinajstić information content (AvgIpc) is 2.61. The van der Waals surface area contributed by atoms with Gasteiger partial charge < -0.3 is 16.4 Å². The second kappa shape index (κ2) is 5.98. The van der Waals surface area contributed by atoms with E-state index in [2.05, 4.69) is 4.90 Å². The zero-order valence-electron chi connectivity index (χ0n) is 8.74. The topological polar surface area (TPSA) is 72.3 Å². The van der Waals surface area contributed by atoms with Gasteiger partial charge in [0.2, 0.25) is 5.91 Å². The summed E-state index contributed by atoms with van der Waals surface area (Å²) in [7, 11) is 0. The van der Waals surface area contributed by atoms with Crippen LogP contribution < -0.4 is 11.5 Å². The molecule has 1 saturated heterocycles. The van der Waals surface area contributed by atoms with Crippen molar-refractivity contribution in [3.8, 4) is 0 Å². The van der Waals surface area contributed by atoms with Gasteiger partial charge in [0.1, 0.15) is 0 Å². The van der Waals surface area contributed by atoms with E-state index in [0.29, 0.717) is 0 Å². The summed E-state index contributed by atoms with van der Waals surface area (Å²) >= 11 is 0. The molecule has 1 fully saturated rings. The lowest BCUT2D eigenvalue weighted by Gasteiger charge is -2.14. The molecule has 1 aliphatic rings. The van der Waals surface area contributed by atoms with Crippen molar-refractivity contribution in [2.75, 3.05) is 26.2 Å². The molecule has 82 valence electrons. The number of carbonyl (C=O) groups is 1. The van der Waals surface area contributed by atoms with Crippen molar-refractivity contribution in [3.63, 3.8) is 0 Å². The minimum absolute atomic E-state index is 0.0875. The van der Waals surface area contributed by atoms with E-state index in [1.807, 2.05) is 0 Å². The second-order valence-electron chi connectivity index (χ2n) is 4.04. The third-order valence-corrected chi connectivity index (χ3v) is 2.85. The average molecular weight is 199 g/mol. The summed E-state index contributed by atoms with van der Waals surface area (Å²) in [6, 6.07) is 0. The number of unbranched alkanes of at least 4 members (excludes halogenated alkanes) is 2. The molecule has 0 radical (unpaired) electrons. The predicted molar refractivity (Wildman–Crippen MR) is 56.6 cm³/mol. The summed E-state index contributed by atoms with van der Waals surface area (Å²) in [6.45, 7) is 3.75. The van der Waals surface area contributed by atoms with Crippen LogP contribution in [0.15, 0.2) is 0 Å². The first-order chi connectivity index (χ1) is 6.74. The highest BCUT2D eigenvalue weighted by Crippen LogP contribution is 2.15. The Bertz CT molecular complexity index is 184. The molecular weight excluding hydrogens is 178 g/mol. The van der Waals surface area contributed by atoms with E-state index in [-0.39, 0.29) is 11.8 Å². The Morgan fingerprint density at radius 1 is 1.36 bits per heavy atom. The van der Waals surface area contributed by atoms with Crippen LogP contribution in [0.3, 0.4) is 0 Å². The van der Waals surface area contributed by atoms with Crippen LogP contribution in [0.2, 0.25) is 0 Å². The maximum absolute atomic E-state index is 10.9. The van der Waals surface area contributed by atoms with E-state index < -0.39 is 0 Å². The molecule has 1 amide bonds. The smallest absolute Gasteiger partial charge is 0.221 e. The number of likely N-dealkylation sites (tertiary alicyclic amines) is 1. The van der Waals surface area contributed by atoms with Gasteiger partial charge in [0.15, 0.2) is 0 Å². The Hall–Kier alpha value is -0.610. The highest BCUT2D eigenvalue weighted by molar-refractivity contribution is 5.77. The quantitative estimate of drug-likeness (QED) is 0.588. The molecule has 4 N–H and O–H groups in total. The molecule has 0 aromatic carbocycles. The molecule has 1 rings (SSSR count). The van der Waals surface area contributed by atoms with E-state index in [4.69, 9.17) is 11.5 Å². The molecule has 1 unspecified atom stereocenters. The number of nitrogens with two attached hydrogens (primary N) is 2. The number of nitrogens with zero attached hydrogens (tertiary/aromatic N) is 1. The Labute approximate surface area is 85.6 Å². The Balaban J connectivity index is 2.07. The van der Waals surface area contributed by atoms with Crippen molar-refractivity contribution < 1.29 is 4.79 Å². The van der Waals surface area contributed by atoms with Crippen molar-refractivity contribution in [1.29, 1.82) is 0 Å². The van der Waals surface area contributed by atoms with Gasteiger partial charge in [0, 0.05) is 6.54 Å². The van der Waals surface area contributed by atoms with Crippen molar-refractivity contribution >= 4 is 5.91 Å². The molecule has 0 bridgehead atoms. The van der Waals surface area contributed by atoms with Crippen LogP contribution in [0.25, 0.3) is 0 Å². The second-order valence-corrected chi connectivity index (χ2v) is 4.04. The van der Waals surface area contributed by atoms with Gasteiger partial charge in [0.05, 0.1) is 5.92 Å². The molecule has 1 atom stereocenters. The highest BCUT2D eigenvalue weighted by atomic mass is 16.1. The van der Waals surface area contributed by atoms with Gasteiger partial charge in [-0.1, -0.05) is 6.42 Å². The van der Waals surface area contributed by atoms with Crippen LogP contribution in [0.5, 0.6) is 0 Å². The van der Waals surface area contributed by atoms with Gasteiger partial charge in [-0.15, -0.1) is 0 Å². The minimum Gasteiger partial charge on any atom is -0.369 e. The largest absolute Gasteiger partial charge is 0.369 e. The molecule has 14 heavy (non-hydrogen) atoms. The first-order valence-corrected chi connectivity index (χ1v) is 5.45. The Morgan fingerprint density at radius 3 is 2.71 bits per heavy atom. The van der Waals surface area contributed by atoms with Crippen LogP contribution >= 0.6 is 0 Å². The summed E-state index contributed by atoms with van der Waals surface area (Å²) < 4.78 is 0. The lowest BCUT2D eigenvalue weighted by Crippen LogP contribution is -2.28. The molecule has 1 aliphatic heterocycles. The number of hydrogen-bond donors (Lipinski definition) is 2. The minimum atomic E-state index is -0.144. The van der Waals surface area contributed by atoms with Crippen LogP contribution in [0, 0.1) is 5.92 Å². The first kappa shape index (κ1) is 11.5. The third-order valence-electron chi connectivity index (χ3n) is 2.85. The number of carbonyl (C=O) groups excluding carboxylic acids is 1. The standard InChI is InChI=1S/C10H21N3O/c11-5-2-1-3-6-13-7-4-9(8-13)10(12)14/h9H,1-8,11H2,(H2,12,14). The molecule has 4 heteroatoms. The monoisotopic (exact) mass is 199 g/mol. The van der Waals surface area contributed by atoms with Crippen LogP contribution in [-0.2, 0) is 4.79 Å². The fourth-order valence-corrected chi connectivity index (χ4v) is 1.92. The van der Waals surface area contributed by atoms with E-state index in [0.717, 1.165) is 39.0 Å². The summed E-state index contributed by atoms with van der Waals surface area (Å²) in [6.07, 6.45) is 4.41. The third kappa shape index (κ3) is 3.64. The molecular formula is C10H21N3O. The summed E-state index contributed by atoms with van der Waals surface area (Å²) in [5.74, 6) is -0.0565. The van der Waals surface area contributed by atoms with Gasteiger partial charge >= 0.3 is 0 Å². The normalized spacial score (nSPS) is 22.8. The Morgan fingerprint density at radius 2 is 2.14 bits per heavy atom. The molecule has 0 saturated carbocycles. The molecule has 0 aromatic heterocycles. The summed E-state index contributed by atoms with van der Waals surface area (Å²) in [5, 5.41) is 0. The van der Waals surface area contributed by atoms with Gasteiger partial charge in [-0.05, 0) is 38.9 Å². The van der Waals surface area contributed by atoms with E-state index >= 15 is 0 Å². The molecule has 0 spiro atoms. The molecule has 1 heterocycles. The van der Waals surface area contributed by atoms with Crippen LogP contribution in [-0.4, -0.2) is 37.0 Å². The fourth-order valence-electron chi connectivity index (χ4n) is 1.92. The SMILES string of the molecule is NCCCCCN1CCC(C(N)=O)C1. The molecule has 0 aliphatic carbocycles. The number of rotatable bonds is 6. The zero-order valence-corrected chi connectivity index (χ0v) is 8.74. The van der Waals surface area contributed by atoms with Crippen LogP contribution in [0.4, 0.5) is 0 Å². The van der Waals surface area contributed by atoms with E-state index in [1.54, 1.807) is 0 Å². The van der Waals surface area contributed by atoms with Gasteiger partial charge in [0.25, 0.3) is 0 Å².